The van der Waals surface area contributed by atoms with Gasteiger partial charge >= 0.3 is 0 Å². The van der Waals surface area contributed by atoms with Crippen LogP contribution in [0, 0.1) is 16.0 Å². The highest BCUT2D eigenvalue weighted by molar-refractivity contribution is 5.91. The van der Waals surface area contributed by atoms with Crippen molar-refractivity contribution in [3.05, 3.63) is 34.4 Å². The second-order valence-corrected chi connectivity index (χ2v) is 6.04. The van der Waals surface area contributed by atoms with Crippen LogP contribution in [-0.2, 0) is 4.79 Å². The van der Waals surface area contributed by atoms with Gasteiger partial charge in [0, 0.05) is 36.3 Å². The number of rotatable bonds is 4. The lowest BCUT2D eigenvalue weighted by Gasteiger charge is -2.28. The molecule has 22 heavy (non-hydrogen) atoms. The molecule has 0 saturated carbocycles. The average Bonchev–Trinajstić information content (AvgIpc) is 2.78. The number of nitrogens with one attached hydrogen (secondary N) is 2. The van der Waals surface area contributed by atoms with Gasteiger partial charge in [0.2, 0.25) is 5.91 Å². The number of anilines is 1. The molecule has 6 nitrogen and oxygen atoms in total. The molecule has 2 heterocycles. The summed E-state index contributed by atoms with van der Waals surface area (Å²) >= 11 is 0. The Morgan fingerprint density at radius 1 is 1.32 bits per heavy atom. The van der Waals surface area contributed by atoms with E-state index in [1.807, 2.05) is 0 Å². The molecule has 2 aliphatic heterocycles. The molecule has 3 rings (SSSR count). The molecular weight excluding hydrogens is 306 g/mol. The SMILES string of the molecule is Cl.O=C(CC1CC2CCC(C1)N2)Nc1cccc([N+](=O)[O-])c1. The summed E-state index contributed by atoms with van der Waals surface area (Å²) in [6, 6.07) is 7.21. The minimum absolute atomic E-state index is 0. The van der Waals surface area contributed by atoms with Crippen LogP contribution in [0.4, 0.5) is 11.4 Å². The highest BCUT2D eigenvalue weighted by Crippen LogP contribution is 2.32. The van der Waals surface area contributed by atoms with Crippen LogP contribution in [0.5, 0.6) is 0 Å². The highest BCUT2D eigenvalue weighted by atomic mass is 35.5. The first-order chi connectivity index (χ1) is 10.1. The van der Waals surface area contributed by atoms with E-state index in [1.54, 1.807) is 12.1 Å². The molecule has 2 bridgehead atoms. The van der Waals surface area contributed by atoms with Gasteiger partial charge in [-0.15, -0.1) is 12.4 Å². The van der Waals surface area contributed by atoms with E-state index >= 15 is 0 Å². The Balaban J connectivity index is 0.00000176. The molecule has 1 aromatic carbocycles. The summed E-state index contributed by atoms with van der Waals surface area (Å²) < 4.78 is 0. The summed E-state index contributed by atoms with van der Waals surface area (Å²) in [6.45, 7) is 0. The summed E-state index contributed by atoms with van der Waals surface area (Å²) in [7, 11) is 0. The summed E-state index contributed by atoms with van der Waals surface area (Å²) in [5, 5.41) is 17.0. The zero-order valence-corrected chi connectivity index (χ0v) is 13.0. The number of fused-ring (bicyclic) bond motifs is 2. The maximum absolute atomic E-state index is 12.1. The standard InChI is InChI=1S/C15H19N3O3.ClH/c19-15(8-10-6-12-4-5-13(7-10)16-12)17-11-2-1-3-14(9-11)18(20)21;/h1-3,9-10,12-13,16H,4-8H2,(H,17,19);1H. The number of hydrogen-bond acceptors (Lipinski definition) is 4. The predicted molar refractivity (Wildman–Crippen MR) is 86.3 cm³/mol. The third kappa shape index (κ3) is 3.96. The van der Waals surface area contributed by atoms with Crippen molar-refractivity contribution in [1.82, 2.24) is 5.32 Å². The number of non-ortho nitro benzene ring substituents is 1. The second kappa shape index (κ2) is 7.07. The van der Waals surface area contributed by atoms with Crippen LogP contribution in [0.2, 0.25) is 0 Å². The number of hydrogen-bond donors (Lipinski definition) is 2. The zero-order valence-electron chi connectivity index (χ0n) is 12.2. The topological polar surface area (TPSA) is 84.3 Å². The fourth-order valence-corrected chi connectivity index (χ4v) is 3.51. The van der Waals surface area contributed by atoms with Gasteiger partial charge in [-0.3, -0.25) is 14.9 Å². The van der Waals surface area contributed by atoms with Gasteiger partial charge in [-0.1, -0.05) is 6.07 Å². The Bertz CT molecular complexity index is 555. The maximum Gasteiger partial charge on any atom is 0.271 e. The monoisotopic (exact) mass is 325 g/mol. The van der Waals surface area contributed by atoms with Crippen molar-refractivity contribution in [2.45, 2.75) is 44.2 Å². The molecule has 1 aromatic rings. The van der Waals surface area contributed by atoms with Gasteiger partial charge in [-0.2, -0.15) is 0 Å². The first-order valence-corrected chi connectivity index (χ1v) is 7.40. The number of amides is 1. The number of nitro benzene ring substituents is 1. The molecule has 0 spiro atoms. The molecule has 2 unspecified atom stereocenters. The first kappa shape index (κ1) is 16.7. The van der Waals surface area contributed by atoms with Crippen LogP contribution in [0.1, 0.15) is 32.1 Å². The van der Waals surface area contributed by atoms with Gasteiger partial charge in [0.25, 0.3) is 5.69 Å². The van der Waals surface area contributed by atoms with Crippen molar-refractivity contribution in [2.75, 3.05) is 5.32 Å². The molecule has 1 amide bonds. The van der Waals surface area contributed by atoms with Gasteiger partial charge < -0.3 is 10.6 Å². The van der Waals surface area contributed by atoms with Gasteiger partial charge in [-0.25, -0.2) is 0 Å². The Kier molecular flexibility index (Phi) is 5.37. The van der Waals surface area contributed by atoms with Gasteiger partial charge in [0.15, 0.2) is 0 Å². The largest absolute Gasteiger partial charge is 0.326 e. The van der Waals surface area contributed by atoms with Crippen LogP contribution < -0.4 is 10.6 Å². The van der Waals surface area contributed by atoms with E-state index in [1.165, 1.54) is 25.0 Å². The molecule has 0 aliphatic carbocycles. The fourth-order valence-electron chi connectivity index (χ4n) is 3.51. The van der Waals surface area contributed by atoms with Gasteiger partial charge in [0.05, 0.1) is 4.92 Å². The lowest BCUT2D eigenvalue weighted by molar-refractivity contribution is -0.384. The lowest BCUT2D eigenvalue weighted by Crippen LogP contribution is -2.39. The summed E-state index contributed by atoms with van der Waals surface area (Å²) in [5.41, 5.74) is 0.485. The van der Waals surface area contributed by atoms with Crippen LogP contribution in [0.25, 0.3) is 0 Å². The normalized spacial score (nSPS) is 26.1. The minimum atomic E-state index is -0.458. The van der Waals surface area contributed by atoms with Gasteiger partial charge in [0.1, 0.15) is 0 Å². The summed E-state index contributed by atoms with van der Waals surface area (Å²) in [4.78, 5) is 22.4. The zero-order chi connectivity index (χ0) is 14.8. The molecule has 7 heteroatoms. The van der Waals surface area contributed by atoms with Crippen molar-refractivity contribution in [2.24, 2.45) is 5.92 Å². The molecule has 120 valence electrons. The number of halogens is 1. The summed E-state index contributed by atoms with van der Waals surface area (Å²) in [6.07, 6.45) is 5.04. The molecule has 2 saturated heterocycles. The Hall–Kier alpha value is -1.66. The fraction of sp³-hybridized carbons (Fsp3) is 0.533. The first-order valence-electron chi connectivity index (χ1n) is 7.40. The second-order valence-electron chi connectivity index (χ2n) is 6.04. The average molecular weight is 326 g/mol. The lowest BCUT2D eigenvalue weighted by atomic mass is 9.89. The number of nitro groups is 1. The van der Waals surface area contributed by atoms with Crippen LogP contribution in [0.15, 0.2) is 24.3 Å². The van der Waals surface area contributed by atoms with Crippen molar-refractivity contribution >= 4 is 29.7 Å². The quantitative estimate of drug-likeness (QED) is 0.658. The van der Waals surface area contributed by atoms with E-state index in [-0.39, 0.29) is 24.0 Å². The Morgan fingerprint density at radius 2 is 2.00 bits per heavy atom. The van der Waals surface area contributed by atoms with Gasteiger partial charge in [-0.05, 0) is 37.7 Å². The Morgan fingerprint density at radius 3 is 2.64 bits per heavy atom. The van der Waals surface area contributed by atoms with Crippen molar-refractivity contribution in [3.8, 4) is 0 Å². The summed E-state index contributed by atoms with van der Waals surface area (Å²) in [5.74, 6) is 0.365. The minimum Gasteiger partial charge on any atom is -0.326 e. The molecule has 2 N–H and O–H groups in total. The van der Waals surface area contributed by atoms with Crippen molar-refractivity contribution in [1.29, 1.82) is 0 Å². The van der Waals surface area contributed by atoms with Crippen LogP contribution in [-0.4, -0.2) is 22.9 Å². The van der Waals surface area contributed by atoms with E-state index in [0.717, 1.165) is 12.8 Å². The molecule has 2 aliphatic rings. The van der Waals surface area contributed by atoms with E-state index in [2.05, 4.69) is 10.6 Å². The van der Waals surface area contributed by atoms with Crippen molar-refractivity contribution < 1.29 is 9.72 Å². The predicted octanol–water partition coefficient (Wildman–Crippen LogP) is 2.88. The molecule has 0 aromatic heterocycles. The van der Waals surface area contributed by atoms with E-state index in [0.29, 0.717) is 30.1 Å². The van der Waals surface area contributed by atoms with E-state index in [9.17, 15) is 14.9 Å². The maximum atomic E-state index is 12.1. The number of piperidine rings is 1. The molecule has 2 fully saturated rings. The molecule has 0 radical (unpaired) electrons. The highest BCUT2D eigenvalue weighted by Gasteiger charge is 2.34. The smallest absolute Gasteiger partial charge is 0.271 e. The third-order valence-electron chi connectivity index (χ3n) is 4.39. The number of nitrogens with zero attached hydrogens (tertiary/aromatic N) is 1. The Labute approximate surface area is 135 Å². The van der Waals surface area contributed by atoms with E-state index < -0.39 is 4.92 Å². The van der Waals surface area contributed by atoms with Crippen molar-refractivity contribution in [3.63, 3.8) is 0 Å². The molecule has 2 atom stereocenters. The number of carbonyl (C=O) groups is 1. The van der Waals surface area contributed by atoms with Crippen LogP contribution >= 0.6 is 12.4 Å². The molecular formula is C15H20ClN3O3. The number of carbonyl (C=O) groups excluding carboxylic acids is 1. The third-order valence-corrected chi connectivity index (χ3v) is 4.39. The van der Waals surface area contributed by atoms with Crippen LogP contribution in [0.3, 0.4) is 0 Å². The van der Waals surface area contributed by atoms with E-state index in [4.69, 9.17) is 0 Å². The number of benzene rings is 1.